The molecule has 0 unspecified atom stereocenters. The number of aromatic nitrogens is 3. The monoisotopic (exact) mass is 1650 g/mol. The van der Waals surface area contributed by atoms with Crippen LogP contribution in [0.2, 0.25) is 0 Å². The summed E-state index contributed by atoms with van der Waals surface area (Å²) in [5.74, 6) is 0. The van der Waals surface area contributed by atoms with Crippen LogP contribution in [0.3, 0.4) is 0 Å². The first-order valence-electron chi connectivity index (χ1n) is 41.9. The van der Waals surface area contributed by atoms with Gasteiger partial charge in [0.25, 0.3) is 0 Å². The normalized spacial score (nSPS) is 11.7. The maximum atomic E-state index is 10.5. The molecule has 0 N–H and O–H groups in total. The summed E-state index contributed by atoms with van der Waals surface area (Å²) in [6.45, 7) is 0. The Kier molecular flexibility index (Phi) is 16.0. The Balaban J connectivity index is 0.000000105. The predicted octanol–water partition coefficient (Wildman–Crippen LogP) is 30.0. The average Bonchev–Trinajstić information content (AvgIpc) is 1.56. The van der Waals surface area contributed by atoms with Gasteiger partial charge in [0.2, 0.25) is 0 Å². The van der Waals surface area contributed by atoms with Gasteiger partial charge in [0.15, 0.2) is 16.7 Å². The lowest BCUT2D eigenvalue weighted by molar-refractivity contribution is 0.668. The molecular formula is C114H57N9O6. The summed E-state index contributed by atoms with van der Waals surface area (Å²) in [6, 6.07) is 128. The van der Waals surface area contributed by atoms with Crippen molar-refractivity contribution in [3.63, 3.8) is 0 Å². The largest absolute Gasteiger partial charge is 0.456 e. The van der Waals surface area contributed by atoms with E-state index in [0.29, 0.717) is 33.4 Å². The number of nitrogens with zero attached hydrogens (tertiary/aromatic N) is 9. The van der Waals surface area contributed by atoms with E-state index in [0.717, 1.165) is 247 Å². The molecule has 0 atom stereocenters. The molecule has 129 heavy (non-hydrogen) atoms. The van der Waals surface area contributed by atoms with E-state index >= 15 is 0 Å². The molecule has 0 spiro atoms. The highest BCUT2D eigenvalue weighted by Crippen LogP contribution is 2.49. The molecule has 15 nitrogen and oxygen atoms in total. The minimum Gasteiger partial charge on any atom is -0.456 e. The van der Waals surface area contributed by atoms with Crippen molar-refractivity contribution in [2.24, 2.45) is 0 Å². The van der Waals surface area contributed by atoms with Crippen LogP contribution in [0, 0.1) is 68.0 Å². The van der Waals surface area contributed by atoms with Crippen molar-refractivity contribution >= 4 is 197 Å². The molecular weight excluding hydrogens is 1590 g/mol. The predicted molar refractivity (Wildman–Crippen MR) is 511 cm³/mol. The lowest BCUT2D eigenvalue weighted by Gasteiger charge is -2.16. The van der Waals surface area contributed by atoms with E-state index in [1.54, 1.807) is 18.2 Å². The van der Waals surface area contributed by atoms with Crippen LogP contribution in [0.25, 0.3) is 247 Å². The number of para-hydroxylation sites is 7. The molecule has 0 amide bonds. The Bertz CT molecular complexity index is 9790. The molecule has 0 aliphatic heterocycles. The van der Waals surface area contributed by atoms with Crippen molar-refractivity contribution in [2.75, 3.05) is 0 Å². The van der Waals surface area contributed by atoms with Gasteiger partial charge in [0, 0.05) is 114 Å². The minimum absolute atomic E-state index is 0.553. The molecule has 0 bridgehead atoms. The van der Waals surface area contributed by atoms with Gasteiger partial charge in [-0.15, -0.1) is 0 Å². The Morgan fingerprint density at radius 2 is 0.504 bits per heavy atom. The SMILES string of the molecule is N#Cc1ccc(-c2ccc3oc4ccc(C#N)cc4c3c2)c(-n2c3ccccc3c3ccc4c5ccccc5oc4c32)c1.N#Cc1ccc(-n2c3ccccc3c3ccc4c5ccccc5oc4c32)c(-c2ccc3oc4ccc(C#N)cc4c3c2)c1.N#Cc1ccc2oc3ccc(-c4cccc(C#N)c4-n4c5ccccc5c5ccc6c7ccccc7oc6c54)cc3c2c1. The fourth-order valence-electron chi connectivity index (χ4n) is 19.6. The number of fused-ring (bicyclic) bond motifs is 30. The first-order valence-corrected chi connectivity index (χ1v) is 41.9. The van der Waals surface area contributed by atoms with E-state index in [4.69, 9.17) is 26.5 Å². The zero-order valence-electron chi connectivity index (χ0n) is 67.9. The molecule has 0 aliphatic rings. The topological polar surface area (TPSA) is 236 Å². The second kappa shape index (κ2) is 28.3. The molecule has 27 rings (SSSR count). The fourth-order valence-corrected chi connectivity index (χ4v) is 19.6. The van der Waals surface area contributed by atoms with Crippen molar-refractivity contribution in [3.05, 3.63) is 379 Å². The first kappa shape index (κ1) is 72.9. The summed E-state index contributed by atoms with van der Waals surface area (Å²) in [6.07, 6.45) is 0. The van der Waals surface area contributed by atoms with E-state index in [2.05, 4.69) is 178 Å². The van der Waals surface area contributed by atoms with Crippen LogP contribution in [0.5, 0.6) is 0 Å². The van der Waals surface area contributed by atoms with Crippen LogP contribution in [-0.2, 0) is 0 Å². The summed E-state index contributed by atoms with van der Waals surface area (Å²) in [4.78, 5) is 0. The van der Waals surface area contributed by atoms with Crippen LogP contribution in [-0.4, -0.2) is 13.7 Å². The van der Waals surface area contributed by atoms with Crippen molar-refractivity contribution < 1.29 is 26.5 Å². The molecule has 18 aromatic carbocycles. The number of furan rings is 6. The van der Waals surface area contributed by atoms with E-state index in [1.165, 1.54) is 0 Å². The van der Waals surface area contributed by atoms with Crippen LogP contribution in [0.4, 0.5) is 0 Å². The summed E-state index contributed by atoms with van der Waals surface area (Å²) in [5, 5.41) is 77.2. The van der Waals surface area contributed by atoms with Gasteiger partial charge in [-0.25, -0.2) is 0 Å². The highest BCUT2D eigenvalue weighted by atomic mass is 16.3. The van der Waals surface area contributed by atoms with Gasteiger partial charge in [0.05, 0.1) is 114 Å². The molecule has 0 fully saturated rings. The minimum atomic E-state index is 0.553. The molecule has 27 aromatic rings. The molecule has 0 aliphatic carbocycles. The van der Waals surface area contributed by atoms with Gasteiger partial charge in [-0.3, -0.25) is 0 Å². The fraction of sp³-hybridized carbons (Fsp3) is 0. The van der Waals surface area contributed by atoms with E-state index < -0.39 is 0 Å². The number of nitriles is 6. The van der Waals surface area contributed by atoms with Crippen LogP contribution in [0.15, 0.2) is 372 Å². The summed E-state index contributed by atoms with van der Waals surface area (Å²) in [5.41, 5.74) is 26.9. The summed E-state index contributed by atoms with van der Waals surface area (Å²) >= 11 is 0. The Labute approximate surface area is 730 Å². The standard InChI is InChI=1S/3C38H19N3O2/c39-20-22-12-16-34-30(18-22)31-19-23(13-17-35(31)42-34)25-9-5-6-24(21-40)36(25)41-32-10-3-1-7-26(32)28-14-15-29-27-8-2-4-11-33(27)43-38(29)37(28)41;39-20-22-9-14-33(29(17-22)24-11-16-36-31(19-24)30-18-23(21-40)10-15-35(30)42-36)41-32-7-3-1-5-25(32)27-12-13-28-26-6-2-4-8-34(26)43-38(28)37(27)41;39-20-22-10-15-35-30(17-22)31-19-24(11-16-36(31)42-35)25-12-9-23(21-40)18-33(25)41-32-7-3-1-5-26(32)28-13-14-29-27-6-2-4-8-34(27)43-38(29)37(28)41/h3*1-19H. The van der Waals surface area contributed by atoms with Gasteiger partial charge in [-0.1, -0.05) is 164 Å². The van der Waals surface area contributed by atoms with Crippen LogP contribution in [0.1, 0.15) is 33.4 Å². The third-order valence-electron chi connectivity index (χ3n) is 25.4. The molecule has 9 heterocycles. The van der Waals surface area contributed by atoms with Gasteiger partial charge in [-0.05, 0) is 199 Å². The quantitative estimate of drug-likeness (QED) is 0.151. The maximum Gasteiger partial charge on any atom is 0.160 e. The second-order valence-electron chi connectivity index (χ2n) is 32.3. The highest BCUT2D eigenvalue weighted by Gasteiger charge is 2.28. The van der Waals surface area contributed by atoms with Crippen molar-refractivity contribution in [1.29, 1.82) is 31.6 Å². The molecule has 0 saturated heterocycles. The number of hydrogen-bond donors (Lipinski definition) is 0. The molecule has 15 heteroatoms. The Hall–Kier alpha value is -18.9. The van der Waals surface area contributed by atoms with Gasteiger partial charge in [0.1, 0.15) is 56.3 Å². The lowest BCUT2D eigenvalue weighted by Crippen LogP contribution is -2.01. The van der Waals surface area contributed by atoms with Crippen molar-refractivity contribution in [1.82, 2.24) is 13.7 Å². The number of hydrogen-bond acceptors (Lipinski definition) is 12. The van der Waals surface area contributed by atoms with E-state index in [-0.39, 0.29) is 0 Å². The Morgan fingerprint density at radius 3 is 0.930 bits per heavy atom. The second-order valence-corrected chi connectivity index (χ2v) is 32.3. The van der Waals surface area contributed by atoms with Crippen molar-refractivity contribution in [3.8, 4) is 86.9 Å². The molecule has 9 aromatic heterocycles. The van der Waals surface area contributed by atoms with Crippen LogP contribution < -0.4 is 0 Å². The first-order chi connectivity index (χ1) is 63.7. The smallest absolute Gasteiger partial charge is 0.160 e. The maximum absolute atomic E-state index is 10.5. The zero-order valence-corrected chi connectivity index (χ0v) is 67.9. The highest BCUT2D eigenvalue weighted by molar-refractivity contribution is 6.26. The van der Waals surface area contributed by atoms with Gasteiger partial charge in [-0.2, -0.15) is 31.6 Å². The lowest BCUT2D eigenvalue weighted by atomic mass is 9.98. The average molecular weight is 1650 g/mol. The van der Waals surface area contributed by atoms with E-state index in [9.17, 15) is 31.6 Å². The Morgan fingerprint density at radius 1 is 0.186 bits per heavy atom. The summed E-state index contributed by atoms with van der Waals surface area (Å²) < 4.78 is 44.7. The number of rotatable bonds is 6. The van der Waals surface area contributed by atoms with Crippen LogP contribution >= 0.6 is 0 Å². The third-order valence-corrected chi connectivity index (χ3v) is 25.4. The summed E-state index contributed by atoms with van der Waals surface area (Å²) in [7, 11) is 0. The van der Waals surface area contributed by atoms with Gasteiger partial charge < -0.3 is 40.2 Å². The molecule has 0 saturated carbocycles. The number of benzene rings is 18. The molecule has 594 valence electrons. The molecule has 0 radical (unpaired) electrons. The third kappa shape index (κ3) is 11.1. The van der Waals surface area contributed by atoms with E-state index in [1.807, 2.05) is 200 Å². The zero-order chi connectivity index (χ0) is 86.0. The van der Waals surface area contributed by atoms with Gasteiger partial charge >= 0.3 is 0 Å². The van der Waals surface area contributed by atoms with Crippen molar-refractivity contribution in [2.45, 2.75) is 0 Å².